The van der Waals surface area contributed by atoms with Crippen LogP contribution in [0.15, 0.2) is 53.3 Å². The second-order valence-electron chi connectivity index (χ2n) is 4.86. The van der Waals surface area contributed by atoms with E-state index in [-0.39, 0.29) is 11.2 Å². The largest absolute Gasteiger partial charge is 0.321 e. The third-order valence-corrected chi connectivity index (χ3v) is 3.44. The fourth-order valence-corrected chi connectivity index (χ4v) is 2.46. The third-order valence-electron chi connectivity index (χ3n) is 3.44. The molecule has 0 aliphatic heterocycles. The number of hydrogen-bond acceptors (Lipinski definition) is 3. The zero-order chi connectivity index (χ0) is 15.0. The van der Waals surface area contributed by atoms with Crippen molar-refractivity contribution >= 4 is 16.6 Å². The molecule has 0 fully saturated rings. The number of benzene rings is 2. The van der Waals surface area contributed by atoms with Crippen molar-refractivity contribution < 1.29 is 4.92 Å². The first-order valence-corrected chi connectivity index (χ1v) is 6.44. The lowest BCUT2D eigenvalue weighted by molar-refractivity contribution is -0.384. The Morgan fingerprint density at radius 2 is 1.81 bits per heavy atom. The van der Waals surface area contributed by atoms with Crippen molar-refractivity contribution in [2.24, 2.45) is 0 Å². The molecule has 5 heteroatoms. The number of hydrogen-bond donors (Lipinski definition) is 1. The minimum absolute atomic E-state index is 0.0107. The highest BCUT2D eigenvalue weighted by Crippen LogP contribution is 2.32. The van der Waals surface area contributed by atoms with E-state index in [4.69, 9.17) is 0 Å². The van der Waals surface area contributed by atoms with Crippen molar-refractivity contribution in [1.82, 2.24) is 4.98 Å². The van der Waals surface area contributed by atoms with Crippen LogP contribution >= 0.6 is 0 Å². The van der Waals surface area contributed by atoms with Gasteiger partial charge in [0.1, 0.15) is 0 Å². The molecule has 104 valence electrons. The molecule has 0 amide bonds. The van der Waals surface area contributed by atoms with Crippen molar-refractivity contribution in [2.45, 2.75) is 6.92 Å². The number of aromatic nitrogens is 1. The first-order valence-electron chi connectivity index (χ1n) is 6.44. The van der Waals surface area contributed by atoms with Crippen LogP contribution in [0.2, 0.25) is 0 Å². The van der Waals surface area contributed by atoms with Gasteiger partial charge in [-0.05, 0) is 18.1 Å². The summed E-state index contributed by atoms with van der Waals surface area (Å²) in [7, 11) is 0. The number of nitro benzene ring substituents is 1. The van der Waals surface area contributed by atoms with Crippen molar-refractivity contribution in [2.75, 3.05) is 0 Å². The number of H-pyrrole nitrogens is 1. The highest BCUT2D eigenvalue weighted by molar-refractivity contribution is 5.97. The maximum atomic E-state index is 11.7. The molecule has 0 spiro atoms. The van der Waals surface area contributed by atoms with Crippen LogP contribution in [0.3, 0.4) is 0 Å². The highest BCUT2D eigenvalue weighted by atomic mass is 16.6. The average Bonchev–Trinajstić information content (AvgIpc) is 2.47. The SMILES string of the molecule is Cc1cc(=O)[nH]c2c(-c3ccccc3)cc([N+](=O)[O-])cc12. The van der Waals surface area contributed by atoms with Crippen LogP contribution in [-0.2, 0) is 0 Å². The molecule has 0 bridgehead atoms. The Morgan fingerprint density at radius 1 is 1.10 bits per heavy atom. The zero-order valence-electron chi connectivity index (χ0n) is 11.3. The summed E-state index contributed by atoms with van der Waals surface area (Å²) >= 11 is 0. The van der Waals surface area contributed by atoms with Crippen LogP contribution in [0.5, 0.6) is 0 Å². The standard InChI is InChI=1S/C16H12N2O3/c1-10-7-15(19)17-16-13(10)8-12(18(20)21)9-14(16)11-5-3-2-4-6-11/h2-9H,1H3,(H,17,19). The van der Waals surface area contributed by atoms with Crippen LogP contribution in [0.1, 0.15) is 5.56 Å². The number of nitrogens with one attached hydrogen (secondary N) is 1. The number of pyridine rings is 1. The zero-order valence-corrected chi connectivity index (χ0v) is 11.3. The lowest BCUT2D eigenvalue weighted by atomic mass is 9.99. The van der Waals surface area contributed by atoms with Gasteiger partial charge in [0.05, 0.1) is 10.4 Å². The fourth-order valence-electron chi connectivity index (χ4n) is 2.46. The molecular weight excluding hydrogens is 268 g/mol. The Labute approximate surface area is 120 Å². The van der Waals surface area contributed by atoms with Crippen LogP contribution in [0.25, 0.3) is 22.0 Å². The van der Waals surface area contributed by atoms with E-state index in [0.717, 1.165) is 11.1 Å². The van der Waals surface area contributed by atoms with E-state index in [0.29, 0.717) is 16.5 Å². The number of aryl methyl sites for hydroxylation is 1. The van der Waals surface area contributed by atoms with E-state index in [1.165, 1.54) is 18.2 Å². The van der Waals surface area contributed by atoms with Gasteiger partial charge in [0, 0.05) is 29.1 Å². The summed E-state index contributed by atoms with van der Waals surface area (Å²) in [5, 5.41) is 11.8. The minimum atomic E-state index is -0.420. The molecule has 0 aliphatic rings. The number of nitro groups is 1. The molecule has 0 saturated carbocycles. The molecule has 3 aromatic rings. The monoisotopic (exact) mass is 280 g/mol. The van der Waals surface area contributed by atoms with Gasteiger partial charge in [-0.2, -0.15) is 0 Å². The Bertz CT molecular complexity index is 899. The second kappa shape index (κ2) is 4.86. The van der Waals surface area contributed by atoms with E-state index < -0.39 is 4.92 Å². The van der Waals surface area contributed by atoms with Crippen molar-refractivity contribution in [1.29, 1.82) is 0 Å². The first-order chi connectivity index (χ1) is 10.1. The maximum absolute atomic E-state index is 11.7. The van der Waals surface area contributed by atoms with Gasteiger partial charge in [-0.25, -0.2) is 0 Å². The lowest BCUT2D eigenvalue weighted by Crippen LogP contribution is -2.06. The summed E-state index contributed by atoms with van der Waals surface area (Å²) < 4.78 is 0. The van der Waals surface area contributed by atoms with Gasteiger partial charge in [-0.3, -0.25) is 14.9 Å². The Balaban J connectivity index is 2.46. The summed E-state index contributed by atoms with van der Waals surface area (Å²) in [6.07, 6.45) is 0. The predicted molar refractivity (Wildman–Crippen MR) is 81.4 cm³/mol. The number of fused-ring (bicyclic) bond motifs is 1. The predicted octanol–water partition coefficient (Wildman–Crippen LogP) is 3.41. The van der Waals surface area contributed by atoms with Gasteiger partial charge < -0.3 is 4.98 Å². The minimum Gasteiger partial charge on any atom is -0.321 e. The van der Waals surface area contributed by atoms with E-state index in [1.807, 2.05) is 30.3 Å². The van der Waals surface area contributed by atoms with E-state index >= 15 is 0 Å². The first kappa shape index (κ1) is 13.1. The normalized spacial score (nSPS) is 10.7. The summed E-state index contributed by atoms with van der Waals surface area (Å²) in [6.45, 7) is 1.77. The Hall–Kier alpha value is -2.95. The molecular formula is C16H12N2O3. The smallest absolute Gasteiger partial charge is 0.270 e. The second-order valence-corrected chi connectivity index (χ2v) is 4.86. The Morgan fingerprint density at radius 3 is 2.48 bits per heavy atom. The van der Waals surface area contributed by atoms with Crippen molar-refractivity contribution in [3.8, 4) is 11.1 Å². The fraction of sp³-hybridized carbons (Fsp3) is 0.0625. The molecule has 0 unspecified atom stereocenters. The molecule has 21 heavy (non-hydrogen) atoms. The quantitative estimate of drug-likeness (QED) is 0.577. The highest BCUT2D eigenvalue weighted by Gasteiger charge is 2.15. The van der Waals surface area contributed by atoms with Gasteiger partial charge in [0.25, 0.3) is 5.69 Å². The van der Waals surface area contributed by atoms with Crippen LogP contribution in [0.4, 0.5) is 5.69 Å². The third kappa shape index (κ3) is 2.29. The van der Waals surface area contributed by atoms with E-state index in [1.54, 1.807) is 6.92 Å². The summed E-state index contributed by atoms with van der Waals surface area (Å²) in [6, 6.07) is 13.7. The van der Waals surface area contributed by atoms with Gasteiger partial charge in [0.2, 0.25) is 5.56 Å². The van der Waals surface area contributed by atoms with Crippen LogP contribution in [-0.4, -0.2) is 9.91 Å². The Kier molecular flexibility index (Phi) is 3.02. The van der Waals surface area contributed by atoms with Crippen molar-refractivity contribution in [3.63, 3.8) is 0 Å². The maximum Gasteiger partial charge on any atom is 0.270 e. The summed E-state index contributed by atoms with van der Waals surface area (Å²) in [4.78, 5) is 25.2. The molecule has 5 nitrogen and oxygen atoms in total. The number of non-ortho nitro benzene ring substituents is 1. The number of rotatable bonds is 2. The molecule has 2 aromatic carbocycles. The molecule has 0 aliphatic carbocycles. The summed E-state index contributed by atoms with van der Waals surface area (Å²) in [5.74, 6) is 0. The molecule has 0 radical (unpaired) electrons. The number of aromatic amines is 1. The lowest BCUT2D eigenvalue weighted by Gasteiger charge is -2.08. The average molecular weight is 280 g/mol. The molecule has 1 heterocycles. The van der Waals surface area contributed by atoms with Gasteiger partial charge in [-0.15, -0.1) is 0 Å². The van der Waals surface area contributed by atoms with Crippen LogP contribution in [0, 0.1) is 17.0 Å². The molecule has 1 N–H and O–H groups in total. The molecule has 3 rings (SSSR count). The van der Waals surface area contributed by atoms with Crippen molar-refractivity contribution in [3.05, 3.63) is 74.6 Å². The molecule has 0 atom stereocenters. The van der Waals surface area contributed by atoms with Crippen LogP contribution < -0.4 is 5.56 Å². The summed E-state index contributed by atoms with van der Waals surface area (Å²) in [5.41, 5.74) is 2.61. The van der Waals surface area contributed by atoms with E-state index in [2.05, 4.69) is 4.98 Å². The van der Waals surface area contributed by atoms with E-state index in [9.17, 15) is 14.9 Å². The molecule has 1 aromatic heterocycles. The topological polar surface area (TPSA) is 76.0 Å². The number of nitrogens with zero attached hydrogens (tertiary/aromatic N) is 1. The van der Waals surface area contributed by atoms with Gasteiger partial charge in [0.15, 0.2) is 0 Å². The van der Waals surface area contributed by atoms with Gasteiger partial charge >= 0.3 is 0 Å². The molecule has 0 saturated heterocycles. The van der Waals surface area contributed by atoms with Gasteiger partial charge in [-0.1, -0.05) is 30.3 Å².